The zero-order chi connectivity index (χ0) is 12.9. The smallest absolute Gasteiger partial charge is 0.213 e. The van der Waals surface area contributed by atoms with Gasteiger partial charge in [-0.3, -0.25) is 0 Å². The Morgan fingerprint density at radius 2 is 2.05 bits per heavy atom. The first-order valence-electron chi connectivity index (χ1n) is 5.97. The summed E-state index contributed by atoms with van der Waals surface area (Å²) < 4.78 is 6.51. The zero-order valence-electron chi connectivity index (χ0n) is 10.2. The van der Waals surface area contributed by atoms with Gasteiger partial charge in [-0.15, -0.1) is 0 Å². The van der Waals surface area contributed by atoms with Crippen LogP contribution in [0, 0.1) is 0 Å². The van der Waals surface area contributed by atoms with Crippen molar-refractivity contribution in [1.29, 1.82) is 0 Å². The molecule has 0 unspecified atom stereocenters. The lowest BCUT2D eigenvalue weighted by atomic mass is 10.3. The SMILES string of the molecule is c1ccc(-n2cc(CNCc3ncon3)cn2)cc1. The molecule has 96 valence electrons. The fraction of sp³-hybridized carbons (Fsp3) is 0.154. The van der Waals surface area contributed by atoms with E-state index >= 15 is 0 Å². The number of nitrogens with zero attached hydrogens (tertiary/aromatic N) is 4. The average molecular weight is 255 g/mol. The lowest BCUT2D eigenvalue weighted by molar-refractivity contribution is 0.407. The summed E-state index contributed by atoms with van der Waals surface area (Å²) in [7, 11) is 0. The second kappa shape index (κ2) is 5.45. The summed E-state index contributed by atoms with van der Waals surface area (Å²) in [6.07, 6.45) is 5.17. The molecule has 0 saturated heterocycles. The summed E-state index contributed by atoms with van der Waals surface area (Å²) in [6, 6.07) is 10.0. The van der Waals surface area contributed by atoms with Crippen molar-refractivity contribution in [1.82, 2.24) is 25.2 Å². The lowest BCUT2D eigenvalue weighted by Gasteiger charge is -2.00. The van der Waals surface area contributed by atoms with Crippen molar-refractivity contribution in [3.05, 3.63) is 60.5 Å². The standard InChI is InChI=1S/C13H13N5O/c1-2-4-12(5-3-1)18-9-11(7-16-18)6-14-8-13-15-10-19-17-13/h1-5,7,9-10,14H,6,8H2. The molecular formula is C13H13N5O. The molecule has 0 aliphatic heterocycles. The van der Waals surface area contributed by atoms with Gasteiger partial charge in [-0.25, -0.2) is 4.68 Å². The van der Waals surface area contributed by atoms with Gasteiger partial charge in [0, 0.05) is 18.3 Å². The van der Waals surface area contributed by atoms with Gasteiger partial charge in [0.05, 0.1) is 18.4 Å². The fourth-order valence-corrected chi connectivity index (χ4v) is 1.76. The predicted octanol–water partition coefficient (Wildman–Crippen LogP) is 1.55. The summed E-state index contributed by atoms with van der Waals surface area (Å²) in [6.45, 7) is 1.29. The van der Waals surface area contributed by atoms with Crippen LogP contribution < -0.4 is 5.32 Å². The van der Waals surface area contributed by atoms with Crippen LogP contribution in [0.5, 0.6) is 0 Å². The summed E-state index contributed by atoms with van der Waals surface area (Å²) >= 11 is 0. The van der Waals surface area contributed by atoms with E-state index in [1.54, 1.807) is 0 Å². The third-order valence-electron chi connectivity index (χ3n) is 2.68. The molecule has 3 rings (SSSR count). The highest BCUT2D eigenvalue weighted by Gasteiger charge is 2.01. The molecule has 1 aromatic carbocycles. The van der Waals surface area contributed by atoms with Crippen molar-refractivity contribution in [2.45, 2.75) is 13.1 Å². The quantitative estimate of drug-likeness (QED) is 0.749. The molecule has 0 aliphatic rings. The summed E-state index contributed by atoms with van der Waals surface area (Å²) in [4.78, 5) is 3.94. The minimum Gasteiger partial charge on any atom is -0.343 e. The first-order valence-corrected chi connectivity index (χ1v) is 5.97. The Balaban J connectivity index is 1.59. The molecule has 0 spiro atoms. The summed E-state index contributed by atoms with van der Waals surface area (Å²) in [5.74, 6) is 0.649. The number of hydrogen-bond acceptors (Lipinski definition) is 5. The van der Waals surface area contributed by atoms with Crippen molar-refractivity contribution in [2.24, 2.45) is 0 Å². The molecule has 0 fully saturated rings. The predicted molar refractivity (Wildman–Crippen MR) is 68.4 cm³/mol. The maximum Gasteiger partial charge on any atom is 0.213 e. The van der Waals surface area contributed by atoms with Gasteiger partial charge >= 0.3 is 0 Å². The van der Waals surface area contributed by atoms with Crippen LogP contribution in [0.2, 0.25) is 0 Å². The van der Waals surface area contributed by atoms with Crippen LogP contribution in [0.4, 0.5) is 0 Å². The molecule has 0 saturated carbocycles. The third kappa shape index (κ3) is 2.86. The number of hydrogen-bond donors (Lipinski definition) is 1. The Labute approximate surface area is 110 Å². The number of aromatic nitrogens is 4. The highest BCUT2D eigenvalue weighted by atomic mass is 16.5. The molecule has 3 aromatic rings. The van der Waals surface area contributed by atoms with Crippen LogP contribution in [-0.4, -0.2) is 19.9 Å². The molecule has 2 aromatic heterocycles. The van der Waals surface area contributed by atoms with Gasteiger partial charge in [-0.2, -0.15) is 10.1 Å². The maximum atomic E-state index is 4.66. The monoisotopic (exact) mass is 255 g/mol. The highest BCUT2D eigenvalue weighted by molar-refractivity contribution is 5.30. The second-order valence-corrected chi connectivity index (χ2v) is 4.08. The molecule has 1 N–H and O–H groups in total. The minimum atomic E-state index is 0.576. The Bertz CT molecular complexity index is 618. The van der Waals surface area contributed by atoms with E-state index in [-0.39, 0.29) is 0 Å². The largest absolute Gasteiger partial charge is 0.343 e. The topological polar surface area (TPSA) is 68.8 Å². The van der Waals surface area contributed by atoms with Gasteiger partial charge in [0.2, 0.25) is 6.39 Å². The molecule has 6 heteroatoms. The fourth-order valence-electron chi connectivity index (χ4n) is 1.76. The van der Waals surface area contributed by atoms with Crippen LogP contribution >= 0.6 is 0 Å². The Morgan fingerprint density at radius 3 is 2.84 bits per heavy atom. The van der Waals surface area contributed by atoms with Crippen molar-refractivity contribution in [2.75, 3.05) is 0 Å². The van der Waals surface area contributed by atoms with Crippen molar-refractivity contribution >= 4 is 0 Å². The maximum absolute atomic E-state index is 4.66. The van der Waals surface area contributed by atoms with E-state index in [1.165, 1.54) is 6.39 Å². The van der Waals surface area contributed by atoms with E-state index in [0.717, 1.165) is 11.3 Å². The Hall–Kier alpha value is -2.47. The molecule has 0 radical (unpaired) electrons. The normalized spacial score (nSPS) is 10.7. The van der Waals surface area contributed by atoms with Crippen LogP contribution in [-0.2, 0) is 13.1 Å². The average Bonchev–Trinajstić information content (AvgIpc) is 3.11. The van der Waals surface area contributed by atoms with E-state index in [9.17, 15) is 0 Å². The molecule has 2 heterocycles. The number of para-hydroxylation sites is 1. The third-order valence-corrected chi connectivity index (χ3v) is 2.68. The van der Waals surface area contributed by atoms with Crippen molar-refractivity contribution in [3.63, 3.8) is 0 Å². The number of benzene rings is 1. The van der Waals surface area contributed by atoms with Gasteiger partial charge in [0.25, 0.3) is 0 Å². The zero-order valence-corrected chi connectivity index (χ0v) is 10.2. The molecular weight excluding hydrogens is 242 g/mol. The van der Waals surface area contributed by atoms with Crippen molar-refractivity contribution < 1.29 is 4.52 Å². The highest BCUT2D eigenvalue weighted by Crippen LogP contribution is 2.07. The second-order valence-electron chi connectivity index (χ2n) is 4.08. The van der Waals surface area contributed by atoms with E-state index in [1.807, 2.05) is 47.4 Å². The Morgan fingerprint density at radius 1 is 1.16 bits per heavy atom. The molecule has 0 aliphatic carbocycles. The lowest BCUT2D eigenvalue weighted by Crippen LogP contribution is -2.13. The van der Waals surface area contributed by atoms with Crippen LogP contribution in [0.1, 0.15) is 11.4 Å². The van der Waals surface area contributed by atoms with E-state index in [2.05, 4.69) is 25.1 Å². The van der Waals surface area contributed by atoms with Gasteiger partial charge in [0.15, 0.2) is 5.82 Å². The van der Waals surface area contributed by atoms with E-state index < -0.39 is 0 Å². The Kier molecular flexibility index (Phi) is 3.33. The van der Waals surface area contributed by atoms with Crippen LogP contribution in [0.3, 0.4) is 0 Å². The van der Waals surface area contributed by atoms with Gasteiger partial charge in [0.1, 0.15) is 0 Å². The first-order chi connectivity index (χ1) is 9.42. The van der Waals surface area contributed by atoms with Crippen LogP contribution in [0.25, 0.3) is 5.69 Å². The minimum absolute atomic E-state index is 0.576. The van der Waals surface area contributed by atoms with E-state index in [4.69, 9.17) is 0 Å². The number of nitrogens with one attached hydrogen (secondary N) is 1. The molecule has 0 amide bonds. The molecule has 6 nitrogen and oxygen atoms in total. The number of rotatable bonds is 5. The summed E-state index contributed by atoms with van der Waals surface area (Å²) in [5.41, 5.74) is 2.15. The van der Waals surface area contributed by atoms with Gasteiger partial charge in [-0.1, -0.05) is 23.4 Å². The van der Waals surface area contributed by atoms with Gasteiger partial charge in [-0.05, 0) is 12.1 Å². The van der Waals surface area contributed by atoms with Gasteiger partial charge < -0.3 is 9.84 Å². The summed E-state index contributed by atoms with van der Waals surface area (Å²) in [5, 5.41) is 11.3. The molecule has 0 atom stereocenters. The van der Waals surface area contributed by atoms with Crippen molar-refractivity contribution in [3.8, 4) is 5.69 Å². The van der Waals surface area contributed by atoms with Crippen LogP contribution in [0.15, 0.2) is 53.6 Å². The molecule has 19 heavy (non-hydrogen) atoms. The first kappa shape index (κ1) is 11.6. The van der Waals surface area contributed by atoms with E-state index in [0.29, 0.717) is 18.9 Å². The molecule has 0 bridgehead atoms.